The largest absolute Gasteiger partial charge is 1.00 e. The Balaban J connectivity index is 0.00000200. The molecule has 0 amide bonds. The van der Waals surface area contributed by atoms with E-state index in [9.17, 15) is 10.1 Å². The number of carbonyl (C=O) groups excluding carboxylic acids is 1. The zero-order chi connectivity index (χ0) is 13.7. The van der Waals surface area contributed by atoms with Crippen LogP contribution in [-0.2, 0) is 11.3 Å². The van der Waals surface area contributed by atoms with E-state index < -0.39 is 5.92 Å². The third kappa shape index (κ3) is 3.75. The van der Waals surface area contributed by atoms with Crippen molar-refractivity contribution in [2.75, 3.05) is 0 Å². The minimum atomic E-state index is -0.701. The van der Waals surface area contributed by atoms with Crippen LogP contribution in [0.15, 0.2) is 54.7 Å². The van der Waals surface area contributed by atoms with Crippen molar-refractivity contribution in [3.63, 3.8) is 0 Å². The predicted octanol–water partition coefficient (Wildman–Crippen LogP) is -0.837. The van der Waals surface area contributed by atoms with Crippen molar-refractivity contribution in [1.29, 1.82) is 5.26 Å². The Morgan fingerprint density at radius 3 is 2.45 bits per heavy atom. The molecule has 102 valence electrons. The van der Waals surface area contributed by atoms with E-state index in [4.69, 9.17) is 0 Å². The van der Waals surface area contributed by atoms with Gasteiger partial charge in [0, 0.05) is 19.1 Å². The van der Waals surface area contributed by atoms with E-state index in [2.05, 4.69) is 6.07 Å². The normalized spacial score (nSPS) is 11.0. The topological polar surface area (TPSA) is 44.7 Å². The molecular weight excluding hydrogens is 316 g/mol. The first-order chi connectivity index (χ1) is 9.22. The molecule has 3 nitrogen and oxygen atoms in total. The average Bonchev–Trinajstić information content (AvgIpc) is 2.43. The number of aromatic nitrogens is 1. The fraction of sp³-hybridized carbons (Fsp3) is 0.188. The number of hydrogen-bond donors (Lipinski definition) is 0. The third-order valence-electron chi connectivity index (χ3n) is 3.08. The van der Waals surface area contributed by atoms with Crippen LogP contribution in [0.5, 0.6) is 0 Å². The Kier molecular flexibility index (Phi) is 6.08. The first kappa shape index (κ1) is 16.1. The highest BCUT2D eigenvalue weighted by Gasteiger charge is 2.23. The molecule has 0 saturated carbocycles. The number of nitrogens with zero attached hydrogens (tertiary/aromatic N) is 2. The average molecular weight is 331 g/mol. The molecule has 1 aromatic carbocycles. The minimum Gasteiger partial charge on any atom is -1.00 e. The zero-order valence-corrected chi connectivity index (χ0v) is 12.7. The summed E-state index contributed by atoms with van der Waals surface area (Å²) in [5.74, 6) is -0.790. The zero-order valence-electron chi connectivity index (χ0n) is 11.2. The van der Waals surface area contributed by atoms with Crippen LogP contribution in [-0.4, -0.2) is 5.78 Å². The third-order valence-corrected chi connectivity index (χ3v) is 3.08. The molecule has 2 aromatic rings. The lowest BCUT2D eigenvalue weighted by molar-refractivity contribution is -0.690. The van der Waals surface area contributed by atoms with Gasteiger partial charge in [0.2, 0.25) is 12.3 Å². The lowest BCUT2D eigenvalue weighted by Crippen LogP contribution is -3.00. The Bertz CT molecular complexity index is 620. The van der Waals surface area contributed by atoms with Gasteiger partial charge in [0.1, 0.15) is 5.92 Å². The van der Waals surface area contributed by atoms with Crippen molar-refractivity contribution < 1.29 is 26.3 Å². The summed E-state index contributed by atoms with van der Waals surface area (Å²) in [5, 5.41) is 9.22. The Labute approximate surface area is 129 Å². The number of carbonyl (C=O) groups is 1. The molecular formula is C16H15BrN2O. The number of halogens is 1. The summed E-state index contributed by atoms with van der Waals surface area (Å²) in [6, 6.07) is 17.0. The van der Waals surface area contributed by atoms with Crippen LogP contribution < -0.4 is 21.5 Å². The van der Waals surface area contributed by atoms with Gasteiger partial charge in [-0.05, 0) is 5.56 Å². The molecule has 0 spiro atoms. The van der Waals surface area contributed by atoms with Crippen LogP contribution in [0, 0.1) is 18.3 Å². The number of hydrogen-bond acceptors (Lipinski definition) is 2. The molecule has 1 heterocycles. The number of rotatable bonds is 4. The minimum absolute atomic E-state index is 0. The van der Waals surface area contributed by atoms with Gasteiger partial charge in [0.15, 0.2) is 11.9 Å². The molecule has 0 fully saturated rings. The lowest BCUT2D eigenvalue weighted by Gasteiger charge is -2.06. The highest BCUT2D eigenvalue weighted by molar-refractivity contribution is 5.87. The quantitative estimate of drug-likeness (QED) is 0.686. The van der Waals surface area contributed by atoms with Crippen LogP contribution in [0.1, 0.15) is 17.2 Å². The van der Waals surface area contributed by atoms with E-state index in [1.54, 1.807) is 0 Å². The maximum atomic E-state index is 12.3. The van der Waals surface area contributed by atoms with Crippen molar-refractivity contribution in [3.8, 4) is 6.07 Å². The molecule has 0 aliphatic carbocycles. The summed E-state index contributed by atoms with van der Waals surface area (Å²) in [4.78, 5) is 12.3. The summed E-state index contributed by atoms with van der Waals surface area (Å²) in [6.45, 7) is 2.16. The molecule has 0 aliphatic heterocycles. The van der Waals surface area contributed by atoms with Gasteiger partial charge in [0.05, 0.1) is 6.07 Å². The first-order valence-electron chi connectivity index (χ1n) is 6.14. The summed E-state index contributed by atoms with van der Waals surface area (Å²) in [6.07, 6.45) is 1.85. The number of aryl methyl sites for hydroxylation is 1. The molecule has 1 aromatic heterocycles. The second-order valence-electron chi connectivity index (χ2n) is 4.41. The summed E-state index contributed by atoms with van der Waals surface area (Å²) in [5.41, 5.74) is 1.75. The summed E-state index contributed by atoms with van der Waals surface area (Å²) < 4.78 is 1.86. The highest BCUT2D eigenvalue weighted by Crippen LogP contribution is 2.15. The second kappa shape index (κ2) is 7.56. The van der Waals surface area contributed by atoms with Crippen LogP contribution in [0.2, 0.25) is 0 Å². The van der Waals surface area contributed by atoms with E-state index in [0.717, 1.165) is 11.3 Å². The summed E-state index contributed by atoms with van der Waals surface area (Å²) >= 11 is 0. The predicted molar refractivity (Wildman–Crippen MR) is 71.2 cm³/mol. The number of pyridine rings is 1. The van der Waals surface area contributed by atoms with Crippen molar-refractivity contribution in [3.05, 3.63) is 66.0 Å². The fourth-order valence-electron chi connectivity index (χ4n) is 1.98. The molecule has 4 heteroatoms. The first-order valence-corrected chi connectivity index (χ1v) is 6.14. The van der Waals surface area contributed by atoms with Crippen molar-refractivity contribution >= 4 is 5.78 Å². The van der Waals surface area contributed by atoms with Gasteiger partial charge in [-0.1, -0.05) is 36.4 Å². The molecule has 2 rings (SSSR count). The fourth-order valence-corrected chi connectivity index (χ4v) is 1.98. The molecule has 0 N–H and O–H groups in total. The number of nitriles is 1. The van der Waals surface area contributed by atoms with Gasteiger partial charge in [-0.15, -0.1) is 0 Å². The van der Waals surface area contributed by atoms with E-state index in [-0.39, 0.29) is 29.3 Å². The van der Waals surface area contributed by atoms with Crippen molar-refractivity contribution in [1.82, 2.24) is 0 Å². The monoisotopic (exact) mass is 330 g/mol. The Morgan fingerprint density at radius 2 is 1.85 bits per heavy atom. The second-order valence-corrected chi connectivity index (χ2v) is 4.41. The molecule has 20 heavy (non-hydrogen) atoms. The van der Waals surface area contributed by atoms with Gasteiger partial charge in [-0.25, -0.2) is 0 Å². The van der Waals surface area contributed by atoms with Crippen LogP contribution in [0.4, 0.5) is 0 Å². The van der Waals surface area contributed by atoms with E-state index in [0.29, 0.717) is 0 Å². The standard InChI is InChI=1S/C16H15N2O.BrH/c1-13-7-5-6-10-18(13)12-16(19)15(11-17)14-8-3-2-4-9-14;/h2-10,15H,12H2,1H3;1H/q+1;/p-1. The lowest BCUT2D eigenvalue weighted by atomic mass is 9.96. The van der Waals surface area contributed by atoms with E-state index in [1.807, 2.05) is 66.2 Å². The summed E-state index contributed by atoms with van der Waals surface area (Å²) in [7, 11) is 0. The van der Waals surface area contributed by atoms with Gasteiger partial charge in [-0.3, -0.25) is 4.79 Å². The number of Topliss-reactive ketones (excluding diaryl/α,β-unsaturated/α-hetero) is 1. The SMILES string of the molecule is Cc1cccc[n+]1CC(=O)C(C#N)c1ccccc1.[Br-]. The molecule has 1 unspecified atom stereocenters. The van der Waals surface area contributed by atoms with Crippen LogP contribution in [0.3, 0.4) is 0 Å². The van der Waals surface area contributed by atoms with Gasteiger partial charge < -0.3 is 17.0 Å². The van der Waals surface area contributed by atoms with Gasteiger partial charge in [-0.2, -0.15) is 9.83 Å². The Hall–Kier alpha value is -1.99. The van der Waals surface area contributed by atoms with Crippen LogP contribution >= 0.6 is 0 Å². The molecule has 1 atom stereocenters. The molecule has 0 aliphatic rings. The number of benzene rings is 1. The molecule has 0 saturated heterocycles. The maximum Gasteiger partial charge on any atom is 0.218 e. The molecule has 0 bridgehead atoms. The van der Waals surface area contributed by atoms with Crippen molar-refractivity contribution in [2.24, 2.45) is 0 Å². The van der Waals surface area contributed by atoms with Crippen LogP contribution in [0.25, 0.3) is 0 Å². The molecule has 0 radical (unpaired) electrons. The van der Waals surface area contributed by atoms with E-state index in [1.165, 1.54) is 0 Å². The van der Waals surface area contributed by atoms with Gasteiger partial charge >= 0.3 is 0 Å². The van der Waals surface area contributed by atoms with Gasteiger partial charge in [0.25, 0.3) is 0 Å². The number of ketones is 1. The van der Waals surface area contributed by atoms with E-state index >= 15 is 0 Å². The Morgan fingerprint density at radius 1 is 1.20 bits per heavy atom. The van der Waals surface area contributed by atoms with Crippen molar-refractivity contribution in [2.45, 2.75) is 19.4 Å². The smallest absolute Gasteiger partial charge is 0.218 e. The maximum absolute atomic E-state index is 12.3. The highest BCUT2D eigenvalue weighted by atomic mass is 79.9.